The van der Waals surface area contributed by atoms with E-state index < -0.39 is 10.8 Å². The number of ether oxygens (including phenoxy) is 1. The molecule has 0 saturated carbocycles. The topological polar surface area (TPSA) is 125 Å². The lowest BCUT2D eigenvalue weighted by molar-refractivity contribution is -0.384. The number of amides is 1. The average molecular weight is 517 g/mol. The first kappa shape index (κ1) is 23.4. The van der Waals surface area contributed by atoms with E-state index in [1.807, 2.05) is 0 Å². The van der Waals surface area contributed by atoms with Crippen LogP contribution in [0.5, 0.6) is 5.88 Å². The predicted octanol–water partition coefficient (Wildman–Crippen LogP) is 4.22. The van der Waals surface area contributed by atoms with Crippen molar-refractivity contribution in [3.63, 3.8) is 0 Å². The molecular formula is C21H14Cl2N6O4S. The lowest BCUT2D eigenvalue weighted by atomic mass is 10.1. The molecule has 0 spiro atoms. The Labute approximate surface area is 206 Å². The highest BCUT2D eigenvalue weighted by molar-refractivity contribution is 7.07. The van der Waals surface area contributed by atoms with Crippen molar-refractivity contribution in [1.82, 2.24) is 20.0 Å². The molecule has 2 aromatic heterocycles. The first-order valence-corrected chi connectivity index (χ1v) is 11.2. The van der Waals surface area contributed by atoms with Crippen molar-refractivity contribution >= 4 is 46.1 Å². The van der Waals surface area contributed by atoms with Crippen LogP contribution in [0.3, 0.4) is 0 Å². The number of rotatable bonds is 7. The summed E-state index contributed by atoms with van der Waals surface area (Å²) in [5.41, 5.74) is 3.75. The molecule has 4 rings (SSSR count). The molecule has 0 unspecified atom stereocenters. The number of benzene rings is 2. The molecule has 1 amide bonds. The van der Waals surface area contributed by atoms with Gasteiger partial charge in [-0.1, -0.05) is 35.3 Å². The molecule has 0 radical (unpaired) electrons. The predicted molar refractivity (Wildman–Crippen MR) is 127 cm³/mol. The summed E-state index contributed by atoms with van der Waals surface area (Å²) in [5, 5.41) is 18.4. The largest absolute Gasteiger partial charge is 0.466 e. The first-order valence-electron chi connectivity index (χ1n) is 9.54. The molecule has 4 aromatic rings. The van der Waals surface area contributed by atoms with E-state index in [0.717, 1.165) is 5.56 Å². The Morgan fingerprint density at radius 2 is 1.94 bits per heavy atom. The summed E-state index contributed by atoms with van der Waals surface area (Å²) in [5.74, 6) is -0.366. The minimum atomic E-state index is -0.552. The summed E-state index contributed by atoms with van der Waals surface area (Å²) in [4.78, 5) is 31.5. The summed E-state index contributed by atoms with van der Waals surface area (Å²) in [6, 6.07) is 11.3. The zero-order valence-corrected chi connectivity index (χ0v) is 19.4. The van der Waals surface area contributed by atoms with E-state index in [1.165, 1.54) is 48.1 Å². The summed E-state index contributed by atoms with van der Waals surface area (Å²) < 4.78 is 6.82. The second kappa shape index (κ2) is 10.4. The van der Waals surface area contributed by atoms with Gasteiger partial charge in [-0.15, -0.1) is 16.4 Å². The van der Waals surface area contributed by atoms with Gasteiger partial charge in [-0.25, -0.2) is 10.4 Å². The van der Waals surface area contributed by atoms with Gasteiger partial charge < -0.3 is 4.74 Å². The maximum Gasteiger partial charge on any atom is 0.294 e. The number of hydrogen-bond donors (Lipinski definition) is 1. The molecule has 2 aromatic carbocycles. The van der Waals surface area contributed by atoms with Crippen molar-refractivity contribution in [3.8, 4) is 22.8 Å². The first-order chi connectivity index (χ1) is 16.4. The normalized spacial score (nSPS) is 11.3. The molecular weight excluding hydrogens is 503 g/mol. The zero-order valence-electron chi connectivity index (χ0n) is 17.1. The Bertz CT molecular complexity index is 1410. The summed E-state index contributed by atoms with van der Waals surface area (Å²) in [6.07, 6.45) is 4.28. The van der Waals surface area contributed by atoms with Crippen LogP contribution in [0, 0.1) is 10.1 Å². The monoisotopic (exact) mass is 516 g/mol. The Hall–Kier alpha value is -3.80. The van der Waals surface area contributed by atoms with Gasteiger partial charge in [-0.3, -0.25) is 24.5 Å². The Morgan fingerprint density at radius 1 is 1.18 bits per heavy atom. The van der Waals surface area contributed by atoms with Crippen molar-refractivity contribution < 1.29 is 14.5 Å². The highest BCUT2D eigenvalue weighted by atomic mass is 35.5. The third-order valence-electron chi connectivity index (χ3n) is 4.39. The summed E-state index contributed by atoms with van der Waals surface area (Å²) in [6.45, 7) is -0.349. The van der Waals surface area contributed by atoms with Crippen LogP contribution >= 0.6 is 34.5 Å². The highest BCUT2D eigenvalue weighted by Gasteiger charge is 2.20. The van der Waals surface area contributed by atoms with Crippen LogP contribution < -0.4 is 15.0 Å². The molecule has 10 nitrogen and oxygen atoms in total. The fourth-order valence-corrected chi connectivity index (χ4v) is 4.07. The number of nitrogens with zero attached hydrogens (tertiary/aromatic N) is 5. The van der Waals surface area contributed by atoms with Crippen LogP contribution in [0.2, 0.25) is 10.0 Å². The maximum atomic E-state index is 12.2. The molecule has 0 aliphatic carbocycles. The van der Waals surface area contributed by atoms with Crippen molar-refractivity contribution in [1.29, 1.82) is 0 Å². The van der Waals surface area contributed by atoms with E-state index in [9.17, 15) is 14.9 Å². The highest BCUT2D eigenvalue weighted by Crippen LogP contribution is 2.31. The molecule has 13 heteroatoms. The average Bonchev–Trinajstić information content (AvgIpc) is 3.26. The van der Waals surface area contributed by atoms with Gasteiger partial charge in [0.2, 0.25) is 10.7 Å². The molecule has 172 valence electrons. The fraction of sp³-hybridized carbons (Fsp3) is 0.0476. The molecule has 0 aliphatic rings. The van der Waals surface area contributed by atoms with Crippen LogP contribution in [0.1, 0.15) is 0 Å². The number of halogens is 2. The van der Waals surface area contributed by atoms with Gasteiger partial charge in [0.1, 0.15) is 5.69 Å². The standard InChI is InChI=1S/C21H14Cl2N6O4S/c22-14-3-1-13(2-4-14)18-12-34-21(27-26-19(30)11-33-20-10-24-7-8-25-20)28(18)16-6-5-15(23)9-17(16)29(31)32/h1-10,12H,11H2,(H,26,30)/b27-21-. The van der Waals surface area contributed by atoms with Crippen LogP contribution in [0.25, 0.3) is 16.9 Å². The summed E-state index contributed by atoms with van der Waals surface area (Å²) >= 11 is 13.2. The van der Waals surface area contributed by atoms with Crippen molar-refractivity contribution in [2.45, 2.75) is 0 Å². The van der Waals surface area contributed by atoms with Crippen LogP contribution in [-0.2, 0) is 4.79 Å². The zero-order chi connectivity index (χ0) is 24.1. The van der Waals surface area contributed by atoms with Gasteiger partial charge in [-0.05, 0) is 29.8 Å². The van der Waals surface area contributed by atoms with E-state index in [2.05, 4.69) is 20.5 Å². The van der Waals surface area contributed by atoms with Gasteiger partial charge in [0.25, 0.3) is 11.6 Å². The van der Waals surface area contributed by atoms with Gasteiger partial charge >= 0.3 is 0 Å². The van der Waals surface area contributed by atoms with Crippen LogP contribution in [0.15, 0.2) is 71.5 Å². The number of carbonyl (C=O) groups is 1. The van der Waals surface area contributed by atoms with E-state index in [-0.39, 0.29) is 33.7 Å². The molecule has 2 heterocycles. The smallest absolute Gasteiger partial charge is 0.294 e. The molecule has 0 bridgehead atoms. The van der Waals surface area contributed by atoms with Gasteiger partial charge in [-0.2, -0.15) is 0 Å². The number of thiazole rings is 1. The number of hydrogen-bond acceptors (Lipinski definition) is 8. The Morgan fingerprint density at radius 3 is 2.65 bits per heavy atom. The second-order valence-corrected chi connectivity index (χ2v) is 8.32. The minimum absolute atomic E-state index is 0.186. The molecule has 34 heavy (non-hydrogen) atoms. The van der Waals surface area contributed by atoms with Crippen LogP contribution in [0.4, 0.5) is 5.69 Å². The quantitative estimate of drug-likeness (QED) is 0.289. The Balaban J connectivity index is 1.73. The maximum absolute atomic E-state index is 12.2. The number of carbonyl (C=O) groups excluding carboxylic acids is 1. The molecule has 0 fully saturated rings. The second-order valence-electron chi connectivity index (χ2n) is 6.62. The third-order valence-corrected chi connectivity index (χ3v) is 5.70. The van der Waals surface area contributed by atoms with E-state index in [0.29, 0.717) is 10.7 Å². The lowest BCUT2D eigenvalue weighted by Crippen LogP contribution is -2.28. The number of nitrogens with one attached hydrogen (secondary N) is 1. The molecule has 0 saturated heterocycles. The van der Waals surface area contributed by atoms with Crippen molar-refractivity contribution in [3.05, 3.63) is 91.4 Å². The third kappa shape index (κ3) is 5.39. The summed E-state index contributed by atoms with van der Waals surface area (Å²) in [7, 11) is 0. The SMILES string of the molecule is O=C(COc1cnccn1)N/N=c1\scc(-c2ccc(Cl)cc2)n1-c1ccc(Cl)cc1[N+](=O)[O-]. The van der Waals surface area contributed by atoms with E-state index in [4.69, 9.17) is 27.9 Å². The lowest BCUT2D eigenvalue weighted by Gasteiger charge is -2.10. The van der Waals surface area contributed by atoms with Gasteiger partial charge in [0.15, 0.2) is 6.61 Å². The molecule has 1 N–H and O–H groups in total. The van der Waals surface area contributed by atoms with E-state index >= 15 is 0 Å². The number of nitro groups is 1. The fourth-order valence-electron chi connectivity index (χ4n) is 2.92. The number of aromatic nitrogens is 3. The molecule has 0 atom stereocenters. The Kier molecular flexibility index (Phi) is 7.16. The van der Waals surface area contributed by atoms with Crippen molar-refractivity contribution in [2.24, 2.45) is 5.10 Å². The van der Waals surface area contributed by atoms with Gasteiger partial charge in [0.05, 0.1) is 16.8 Å². The van der Waals surface area contributed by atoms with E-state index in [1.54, 1.807) is 34.2 Å². The minimum Gasteiger partial charge on any atom is -0.466 e. The number of nitro benzene ring substituents is 1. The van der Waals surface area contributed by atoms with Crippen molar-refractivity contribution in [2.75, 3.05) is 6.61 Å². The van der Waals surface area contributed by atoms with Gasteiger partial charge in [0, 0.05) is 33.9 Å². The molecule has 0 aliphatic heterocycles. The van der Waals surface area contributed by atoms with Crippen LogP contribution in [-0.4, -0.2) is 32.0 Å².